The van der Waals surface area contributed by atoms with Gasteiger partial charge in [-0.15, -0.1) is 0 Å². The second kappa shape index (κ2) is 4.93. The summed E-state index contributed by atoms with van der Waals surface area (Å²) in [5.74, 6) is 0. The van der Waals surface area contributed by atoms with Gasteiger partial charge in [-0.1, -0.05) is 24.3 Å². The van der Waals surface area contributed by atoms with Crippen molar-refractivity contribution in [1.29, 1.82) is 0 Å². The summed E-state index contributed by atoms with van der Waals surface area (Å²) in [5.41, 5.74) is 8.22. The summed E-state index contributed by atoms with van der Waals surface area (Å²) >= 11 is 0. The second-order valence-corrected chi connectivity index (χ2v) is 4.01. The number of hydrogen-bond acceptors (Lipinski definition) is 3. The van der Waals surface area contributed by atoms with Gasteiger partial charge in [-0.25, -0.2) is 0 Å². The number of benzene rings is 1. The largest absolute Gasteiger partial charge is 0.334 e. The maximum absolute atomic E-state index is 11.3. The van der Waals surface area contributed by atoms with Gasteiger partial charge in [-0.3, -0.25) is 4.79 Å². The molecular formula is C13H15N3O. The minimum Gasteiger partial charge on any atom is -0.334 e. The summed E-state index contributed by atoms with van der Waals surface area (Å²) in [4.78, 5) is 15.1. The number of hydrogen-bond donors (Lipinski definition) is 1. The molecule has 4 nitrogen and oxygen atoms in total. The molecule has 0 fully saturated rings. The average Bonchev–Trinajstić information content (AvgIpc) is 2.34. The molecule has 17 heavy (non-hydrogen) atoms. The summed E-state index contributed by atoms with van der Waals surface area (Å²) in [6.45, 7) is 2.99. The second-order valence-electron chi connectivity index (χ2n) is 4.01. The highest BCUT2D eigenvalue weighted by atomic mass is 16.1. The first-order valence-corrected chi connectivity index (χ1v) is 5.50. The van der Waals surface area contributed by atoms with Crippen molar-refractivity contribution >= 4 is 0 Å². The van der Waals surface area contributed by atoms with Crippen molar-refractivity contribution in [3.63, 3.8) is 0 Å². The molecule has 0 bridgehead atoms. The number of rotatable bonds is 3. The van der Waals surface area contributed by atoms with E-state index in [1.165, 1.54) is 11.1 Å². The van der Waals surface area contributed by atoms with Crippen LogP contribution in [-0.2, 0) is 13.1 Å². The zero-order chi connectivity index (χ0) is 12.3. The molecule has 0 amide bonds. The van der Waals surface area contributed by atoms with E-state index in [0.29, 0.717) is 12.1 Å². The lowest BCUT2D eigenvalue weighted by Crippen LogP contribution is -2.19. The Morgan fingerprint density at radius 1 is 1.29 bits per heavy atom. The number of aryl methyl sites for hydroxylation is 1. The standard InChI is InChI=1S/C13H15N3O/c1-10-4-2-3-5-11(10)7-16-8-12(6-14)13(17)15-9-16/h2-5,8-9H,6-7,14H2,1H3. The fourth-order valence-electron chi connectivity index (χ4n) is 1.71. The van der Waals surface area contributed by atoms with E-state index in [9.17, 15) is 4.79 Å². The topological polar surface area (TPSA) is 60.9 Å². The minimum atomic E-state index is -0.242. The summed E-state index contributed by atoms with van der Waals surface area (Å²) < 4.78 is 1.88. The Bertz CT molecular complexity index is 575. The Morgan fingerprint density at radius 2 is 2.06 bits per heavy atom. The van der Waals surface area contributed by atoms with E-state index in [1.807, 2.05) is 16.7 Å². The Hall–Kier alpha value is -1.94. The van der Waals surface area contributed by atoms with E-state index in [-0.39, 0.29) is 12.1 Å². The molecule has 0 aliphatic rings. The van der Waals surface area contributed by atoms with Crippen LogP contribution in [0, 0.1) is 6.92 Å². The van der Waals surface area contributed by atoms with Crippen LogP contribution in [0.25, 0.3) is 0 Å². The Kier molecular flexibility index (Phi) is 3.35. The van der Waals surface area contributed by atoms with E-state index in [1.54, 1.807) is 12.5 Å². The third-order valence-corrected chi connectivity index (χ3v) is 2.75. The van der Waals surface area contributed by atoms with Gasteiger partial charge in [0.1, 0.15) is 0 Å². The predicted molar refractivity (Wildman–Crippen MR) is 66.7 cm³/mol. The Morgan fingerprint density at radius 3 is 2.76 bits per heavy atom. The fourth-order valence-corrected chi connectivity index (χ4v) is 1.71. The molecule has 1 heterocycles. The summed E-state index contributed by atoms with van der Waals surface area (Å²) in [7, 11) is 0. The molecule has 0 radical (unpaired) electrons. The highest BCUT2D eigenvalue weighted by Gasteiger charge is 2.01. The maximum Gasteiger partial charge on any atom is 0.277 e. The first-order valence-electron chi connectivity index (χ1n) is 5.50. The number of nitrogens with zero attached hydrogens (tertiary/aromatic N) is 2. The van der Waals surface area contributed by atoms with Crippen LogP contribution in [0.4, 0.5) is 0 Å². The molecule has 2 N–H and O–H groups in total. The molecular weight excluding hydrogens is 214 g/mol. The number of nitrogens with two attached hydrogens (primary N) is 1. The normalized spacial score (nSPS) is 10.5. The van der Waals surface area contributed by atoms with Crippen molar-refractivity contribution in [3.05, 3.63) is 63.8 Å². The highest BCUT2D eigenvalue weighted by molar-refractivity contribution is 5.25. The molecule has 88 valence electrons. The van der Waals surface area contributed by atoms with Crippen LogP contribution in [0.5, 0.6) is 0 Å². The van der Waals surface area contributed by atoms with E-state index in [0.717, 1.165) is 0 Å². The van der Waals surface area contributed by atoms with Crippen LogP contribution in [0.1, 0.15) is 16.7 Å². The van der Waals surface area contributed by atoms with E-state index in [2.05, 4.69) is 24.0 Å². The van der Waals surface area contributed by atoms with E-state index >= 15 is 0 Å². The van der Waals surface area contributed by atoms with Crippen molar-refractivity contribution in [2.75, 3.05) is 0 Å². The fraction of sp³-hybridized carbons (Fsp3) is 0.231. The Labute approximate surface area is 99.7 Å². The third kappa shape index (κ3) is 2.60. The molecule has 1 aromatic carbocycles. The molecule has 0 spiro atoms. The molecule has 2 aromatic rings. The smallest absolute Gasteiger partial charge is 0.277 e. The van der Waals surface area contributed by atoms with Crippen LogP contribution in [0.15, 0.2) is 41.6 Å². The van der Waals surface area contributed by atoms with Crippen molar-refractivity contribution < 1.29 is 0 Å². The lowest BCUT2D eigenvalue weighted by molar-refractivity contribution is 0.740. The molecule has 0 unspecified atom stereocenters. The average molecular weight is 229 g/mol. The number of aromatic nitrogens is 2. The van der Waals surface area contributed by atoms with Crippen LogP contribution in [-0.4, -0.2) is 9.55 Å². The zero-order valence-electron chi connectivity index (χ0n) is 9.76. The van der Waals surface area contributed by atoms with Gasteiger partial charge in [0.2, 0.25) is 0 Å². The monoisotopic (exact) mass is 229 g/mol. The van der Waals surface area contributed by atoms with Gasteiger partial charge >= 0.3 is 0 Å². The first kappa shape index (κ1) is 11.5. The van der Waals surface area contributed by atoms with Crippen LogP contribution in [0.3, 0.4) is 0 Å². The highest BCUT2D eigenvalue weighted by Crippen LogP contribution is 2.08. The van der Waals surface area contributed by atoms with Crippen molar-refractivity contribution in [3.8, 4) is 0 Å². The van der Waals surface area contributed by atoms with Crippen molar-refractivity contribution in [1.82, 2.24) is 9.55 Å². The van der Waals surface area contributed by atoms with Gasteiger partial charge < -0.3 is 10.3 Å². The molecule has 0 saturated carbocycles. The van der Waals surface area contributed by atoms with Crippen LogP contribution in [0.2, 0.25) is 0 Å². The molecule has 0 atom stereocenters. The van der Waals surface area contributed by atoms with Gasteiger partial charge in [-0.2, -0.15) is 4.98 Å². The molecule has 0 aliphatic carbocycles. The van der Waals surface area contributed by atoms with Gasteiger partial charge in [0.05, 0.1) is 6.33 Å². The summed E-state index contributed by atoms with van der Waals surface area (Å²) in [5, 5.41) is 0. The quantitative estimate of drug-likeness (QED) is 0.856. The predicted octanol–water partition coefficient (Wildman–Crippen LogP) is 1.06. The molecule has 4 heteroatoms. The summed E-state index contributed by atoms with van der Waals surface area (Å²) in [6, 6.07) is 8.14. The maximum atomic E-state index is 11.3. The van der Waals surface area contributed by atoms with E-state index in [4.69, 9.17) is 5.73 Å². The Balaban J connectivity index is 2.31. The minimum absolute atomic E-state index is 0.223. The van der Waals surface area contributed by atoms with Gasteiger partial charge in [0.25, 0.3) is 5.56 Å². The summed E-state index contributed by atoms with van der Waals surface area (Å²) in [6.07, 6.45) is 3.32. The lowest BCUT2D eigenvalue weighted by atomic mass is 10.1. The molecule has 0 aliphatic heterocycles. The van der Waals surface area contributed by atoms with Gasteiger partial charge in [0, 0.05) is 24.8 Å². The van der Waals surface area contributed by atoms with E-state index < -0.39 is 0 Å². The molecule has 2 rings (SSSR count). The van der Waals surface area contributed by atoms with Crippen molar-refractivity contribution in [2.45, 2.75) is 20.0 Å². The van der Waals surface area contributed by atoms with Crippen LogP contribution < -0.4 is 11.3 Å². The molecule has 1 aromatic heterocycles. The third-order valence-electron chi connectivity index (χ3n) is 2.75. The van der Waals surface area contributed by atoms with Crippen molar-refractivity contribution in [2.24, 2.45) is 5.73 Å². The SMILES string of the molecule is Cc1ccccc1Cn1cnc(=O)c(CN)c1. The molecule has 0 saturated heterocycles. The van der Waals surface area contributed by atoms with Gasteiger partial charge in [-0.05, 0) is 18.1 Å². The van der Waals surface area contributed by atoms with Crippen LogP contribution >= 0.6 is 0 Å². The van der Waals surface area contributed by atoms with Gasteiger partial charge in [0.15, 0.2) is 0 Å². The first-order chi connectivity index (χ1) is 8.20. The lowest BCUT2D eigenvalue weighted by Gasteiger charge is -2.09. The zero-order valence-corrected chi connectivity index (χ0v) is 9.76.